The van der Waals surface area contributed by atoms with E-state index in [0.29, 0.717) is 40.0 Å². The topological polar surface area (TPSA) is 211 Å². The third kappa shape index (κ3) is 5.33. The Morgan fingerprint density at radius 3 is 1.62 bits per heavy atom. The average molecular weight is 657 g/mol. The van der Waals surface area contributed by atoms with Crippen LogP contribution in [0.3, 0.4) is 0 Å². The number of carbonyl (C=O) groups is 1. The Morgan fingerprint density at radius 1 is 0.617 bits per heavy atom. The SMILES string of the molecule is Cc1oc2nc1-c1nc(co1)-c1nc(co1)-c1nc(co1)-c1nc(co1)-c1nc(co1)C(=O)N[C@@H](CSC(C)(C)C)c1nc-2c(C)o1. The molecule has 7 aromatic rings. The Morgan fingerprint density at radius 2 is 1.06 bits per heavy atom. The summed E-state index contributed by atoms with van der Waals surface area (Å²) < 4.78 is 40.1. The van der Waals surface area contributed by atoms with E-state index in [1.165, 1.54) is 31.3 Å². The lowest BCUT2D eigenvalue weighted by Gasteiger charge is -2.21. The number of thioether (sulfide) groups is 1. The maximum atomic E-state index is 13.4. The van der Waals surface area contributed by atoms with Crippen LogP contribution in [-0.4, -0.2) is 51.3 Å². The highest BCUT2D eigenvalue weighted by Gasteiger charge is 2.29. The molecule has 0 radical (unpaired) electrons. The summed E-state index contributed by atoms with van der Waals surface area (Å²) in [7, 11) is 0. The third-order valence-corrected chi connectivity index (χ3v) is 8.30. The molecule has 1 aliphatic rings. The molecule has 8 rings (SSSR count). The molecule has 1 N–H and O–H groups in total. The van der Waals surface area contributed by atoms with Gasteiger partial charge in [-0.15, -0.1) is 0 Å². The Labute approximate surface area is 268 Å². The Kier molecular flexibility index (Phi) is 6.54. The van der Waals surface area contributed by atoms with E-state index in [4.69, 9.17) is 35.9 Å². The molecular weight excluding hydrogens is 632 g/mol. The maximum Gasteiger partial charge on any atom is 0.273 e. The fourth-order valence-electron chi connectivity index (χ4n) is 4.65. The molecule has 8 heterocycles. The second-order valence-electron chi connectivity index (χ2n) is 11.5. The number of hydrogen-bond acceptors (Lipinski definition) is 16. The predicted molar refractivity (Wildman–Crippen MR) is 161 cm³/mol. The van der Waals surface area contributed by atoms with Crippen molar-refractivity contribution in [1.82, 2.24) is 40.2 Å². The van der Waals surface area contributed by atoms with Gasteiger partial charge >= 0.3 is 0 Å². The van der Waals surface area contributed by atoms with E-state index >= 15 is 0 Å². The first kappa shape index (κ1) is 28.7. The number of nitrogens with zero attached hydrogens (tertiary/aromatic N) is 7. The summed E-state index contributed by atoms with van der Waals surface area (Å²) in [6.07, 6.45) is 6.70. The Hall–Kier alpha value is -5.71. The van der Waals surface area contributed by atoms with Crippen LogP contribution in [0.5, 0.6) is 0 Å². The van der Waals surface area contributed by atoms with Crippen molar-refractivity contribution < 1.29 is 35.7 Å². The molecule has 1 amide bonds. The van der Waals surface area contributed by atoms with Crippen LogP contribution >= 0.6 is 11.8 Å². The summed E-state index contributed by atoms with van der Waals surface area (Å²) >= 11 is 1.63. The van der Waals surface area contributed by atoms with Crippen LogP contribution in [-0.2, 0) is 0 Å². The summed E-state index contributed by atoms with van der Waals surface area (Å²) in [5.74, 6) is 2.00. The van der Waals surface area contributed by atoms with Crippen molar-refractivity contribution in [2.45, 2.75) is 45.4 Å². The maximum absolute atomic E-state index is 13.4. The number of hydrogen-bond donors (Lipinski definition) is 1. The fourth-order valence-corrected chi connectivity index (χ4v) is 5.54. The highest BCUT2D eigenvalue weighted by Crippen LogP contribution is 2.35. The van der Waals surface area contributed by atoms with Crippen molar-refractivity contribution in [2.75, 3.05) is 5.75 Å². The normalized spacial score (nSPS) is 14.7. The lowest BCUT2D eigenvalue weighted by Crippen LogP contribution is -2.31. The predicted octanol–water partition coefficient (Wildman–Crippen LogP) is 6.54. The average Bonchev–Trinajstić information content (AvgIpc) is 3.87. The molecular formula is C30H24N8O8S. The zero-order valence-corrected chi connectivity index (χ0v) is 26.3. The number of rotatable bonds is 2. The van der Waals surface area contributed by atoms with Crippen LogP contribution in [0.15, 0.2) is 62.2 Å². The third-order valence-electron chi connectivity index (χ3n) is 6.93. The summed E-state index contributed by atoms with van der Waals surface area (Å²) in [5, 5.41) is 2.98. The van der Waals surface area contributed by atoms with E-state index in [1.807, 2.05) is 0 Å². The minimum Gasteiger partial charge on any atom is -0.443 e. The van der Waals surface area contributed by atoms with Crippen LogP contribution < -0.4 is 5.32 Å². The molecule has 1 aliphatic heterocycles. The van der Waals surface area contributed by atoms with E-state index in [9.17, 15) is 4.79 Å². The Bertz CT molecular complexity index is 2260. The second-order valence-corrected chi connectivity index (χ2v) is 13.4. The van der Waals surface area contributed by atoms with E-state index in [0.717, 1.165) is 0 Å². The number of fused-ring (bicyclic) bond motifs is 20. The van der Waals surface area contributed by atoms with Gasteiger partial charge < -0.3 is 36.2 Å². The van der Waals surface area contributed by atoms with Crippen molar-refractivity contribution in [3.63, 3.8) is 0 Å². The molecule has 0 fully saturated rings. The summed E-state index contributed by atoms with van der Waals surface area (Å²) in [6, 6.07) is -0.639. The van der Waals surface area contributed by atoms with E-state index in [1.54, 1.807) is 25.6 Å². The number of aromatic nitrogens is 7. The molecule has 7 aromatic heterocycles. The minimum absolute atomic E-state index is 0.0251. The quantitative estimate of drug-likeness (QED) is 0.209. The van der Waals surface area contributed by atoms with Crippen LogP contribution in [0, 0.1) is 13.8 Å². The Balaban J connectivity index is 1.23. The lowest BCUT2D eigenvalue weighted by atomic mass is 10.3. The molecule has 0 aromatic carbocycles. The van der Waals surface area contributed by atoms with E-state index in [2.05, 4.69) is 56.0 Å². The van der Waals surface area contributed by atoms with Crippen LogP contribution in [0.2, 0.25) is 0 Å². The highest BCUT2D eigenvalue weighted by molar-refractivity contribution is 8.00. The van der Waals surface area contributed by atoms with Crippen molar-refractivity contribution in [1.29, 1.82) is 0 Å². The first-order chi connectivity index (χ1) is 22.6. The molecule has 1 atom stereocenters. The van der Waals surface area contributed by atoms with Crippen molar-refractivity contribution in [2.24, 2.45) is 0 Å². The minimum atomic E-state index is -0.639. The first-order valence-electron chi connectivity index (χ1n) is 14.3. The highest BCUT2D eigenvalue weighted by atomic mass is 32.2. The molecule has 0 unspecified atom stereocenters. The van der Waals surface area contributed by atoms with Gasteiger partial charge in [0.05, 0.1) is 0 Å². The number of nitrogens with one attached hydrogen (secondary N) is 1. The van der Waals surface area contributed by atoms with Gasteiger partial charge in [-0.25, -0.2) is 34.9 Å². The van der Waals surface area contributed by atoms with Crippen LogP contribution in [0.25, 0.3) is 69.5 Å². The monoisotopic (exact) mass is 656 g/mol. The van der Waals surface area contributed by atoms with Gasteiger partial charge in [-0.3, -0.25) is 4.79 Å². The molecule has 16 nitrogen and oxygen atoms in total. The molecule has 0 saturated carbocycles. The molecule has 17 heteroatoms. The van der Waals surface area contributed by atoms with Gasteiger partial charge in [0.2, 0.25) is 41.2 Å². The van der Waals surface area contributed by atoms with Crippen molar-refractivity contribution in [3.8, 4) is 69.5 Å². The largest absolute Gasteiger partial charge is 0.443 e. The van der Waals surface area contributed by atoms with E-state index in [-0.39, 0.29) is 63.1 Å². The van der Waals surface area contributed by atoms with Gasteiger partial charge in [0.25, 0.3) is 5.91 Å². The summed E-state index contributed by atoms with van der Waals surface area (Å²) in [5.41, 5.74) is 1.90. The smallest absolute Gasteiger partial charge is 0.273 e. The first-order valence-corrected chi connectivity index (χ1v) is 15.3. The standard InChI is InChI=1S/C30H24N8O8S/c1-12-20-28-36-18(10-44-28)26-35-17(9-43-26)25-34-16(8-42-25)24-33-15(7-41-24)23-32-14(6-40-23)22(39)31-19(11-47-30(3,4)5)27-37-21(13(2)45-27)29(38-20)46-12/h6-10,19H,11H2,1-5H3,(H,31,39)/t19-/m0/s1. The van der Waals surface area contributed by atoms with Crippen LogP contribution in [0.1, 0.15) is 54.7 Å². The van der Waals surface area contributed by atoms with Gasteiger partial charge in [-0.2, -0.15) is 11.8 Å². The lowest BCUT2D eigenvalue weighted by molar-refractivity contribution is 0.0929. The van der Waals surface area contributed by atoms with Crippen molar-refractivity contribution in [3.05, 3.63) is 54.4 Å². The molecule has 0 saturated heterocycles. The van der Waals surface area contributed by atoms with Crippen molar-refractivity contribution >= 4 is 17.7 Å². The molecule has 47 heavy (non-hydrogen) atoms. The van der Waals surface area contributed by atoms with E-state index < -0.39 is 11.9 Å². The molecule has 0 aliphatic carbocycles. The van der Waals surface area contributed by atoms with Gasteiger partial charge in [0.15, 0.2) is 39.9 Å². The molecule has 0 spiro atoms. The van der Waals surface area contributed by atoms with Gasteiger partial charge in [0, 0.05) is 10.5 Å². The molecule has 238 valence electrons. The number of amides is 1. The van der Waals surface area contributed by atoms with Gasteiger partial charge in [-0.1, -0.05) is 20.8 Å². The van der Waals surface area contributed by atoms with Crippen LogP contribution in [0.4, 0.5) is 0 Å². The second kappa shape index (κ2) is 10.7. The van der Waals surface area contributed by atoms with Gasteiger partial charge in [0.1, 0.15) is 48.9 Å². The number of carbonyl (C=O) groups excluding carboxylic acids is 1. The summed E-state index contributed by atoms with van der Waals surface area (Å²) in [6.45, 7) is 9.70. The zero-order chi connectivity index (χ0) is 32.4. The fraction of sp³-hybridized carbons (Fsp3) is 0.267. The number of aryl methyl sites for hydroxylation is 2. The zero-order valence-electron chi connectivity index (χ0n) is 25.5. The van der Waals surface area contributed by atoms with Gasteiger partial charge in [-0.05, 0) is 13.8 Å². The summed E-state index contributed by atoms with van der Waals surface area (Å²) in [4.78, 5) is 44.9. The molecule has 14 bridgehead atoms. The number of oxazole rings is 7.